The highest BCUT2D eigenvalue weighted by atomic mass is 79.9. The molecule has 3 nitrogen and oxygen atoms in total. The summed E-state index contributed by atoms with van der Waals surface area (Å²) >= 11 is 3.33. The minimum Gasteiger partial charge on any atom is -0.550 e. The van der Waals surface area contributed by atoms with E-state index in [2.05, 4.69) is 15.9 Å². The summed E-state index contributed by atoms with van der Waals surface area (Å²) in [5.74, 6) is -0.292. The number of halogens is 1. The zero-order valence-electron chi connectivity index (χ0n) is 7.75. The lowest BCUT2D eigenvalue weighted by Crippen LogP contribution is -2.22. The van der Waals surface area contributed by atoms with E-state index >= 15 is 0 Å². The molecule has 4 heteroatoms. The quantitative estimate of drug-likeness (QED) is 0.813. The molecule has 0 unspecified atom stereocenters. The average molecular weight is 258 g/mol. The van der Waals surface area contributed by atoms with Crippen LogP contribution in [0.25, 0.3) is 0 Å². The first kappa shape index (κ1) is 11.0. The van der Waals surface area contributed by atoms with Crippen molar-refractivity contribution >= 4 is 21.9 Å². The molecule has 0 radical (unpaired) electrons. The highest BCUT2D eigenvalue weighted by Crippen LogP contribution is 2.25. The molecule has 0 saturated heterocycles. The minimum absolute atomic E-state index is 0.0404. The van der Waals surface area contributed by atoms with Gasteiger partial charge in [-0.25, -0.2) is 0 Å². The number of hydrogen-bond acceptors (Lipinski definition) is 3. The standard InChI is InChI=1S/C10H11BrO3/c1-14-9-4-2-7(6-8(9)11)3-5-10(12)13/h2,4,6H,3,5H2,1H3,(H,12,13)/p-1. The number of benzene rings is 1. The van der Waals surface area contributed by atoms with Gasteiger partial charge in [0.2, 0.25) is 0 Å². The molecule has 0 fully saturated rings. The van der Waals surface area contributed by atoms with E-state index in [4.69, 9.17) is 4.74 Å². The van der Waals surface area contributed by atoms with Gasteiger partial charge in [0.25, 0.3) is 0 Å². The average Bonchev–Trinajstić information content (AvgIpc) is 2.15. The van der Waals surface area contributed by atoms with Crippen LogP contribution in [0.2, 0.25) is 0 Å². The number of hydrogen-bond donors (Lipinski definition) is 0. The van der Waals surface area contributed by atoms with E-state index in [1.54, 1.807) is 13.2 Å². The highest BCUT2D eigenvalue weighted by molar-refractivity contribution is 9.10. The van der Waals surface area contributed by atoms with Gasteiger partial charge in [-0.05, 0) is 46.5 Å². The third-order valence-electron chi connectivity index (χ3n) is 1.83. The van der Waals surface area contributed by atoms with E-state index in [1.807, 2.05) is 12.1 Å². The zero-order valence-corrected chi connectivity index (χ0v) is 9.33. The Labute approximate surface area is 90.8 Å². The van der Waals surface area contributed by atoms with E-state index in [-0.39, 0.29) is 6.42 Å². The Balaban J connectivity index is 2.71. The molecular formula is C10H10BrO3-. The van der Waals surface area contributed by atoms with Gasteiger partial charge in [-0.2, -0.15) is 0 Å². The molecule has 0 bridgehead atoms. The molecule has 1 aromatic rings. The SMILES string of the molecule is COc1ccc(CCC(=O)[O-])cc1Br. The first-order valence-corrected chi connectivity index (χ1v) is 4.95. The summed E-state index contributed by atoms with van der Waals surface area (Å²) < 4.78 is 5.88. The second kappa shape index (κ2) is 5.00. The Morgan fingerprint density at radius 3 is 2.79 bits per heavy atom. The summed E-state index contributed by atoms with van der Waals surface area (Å²) in [5, 5.41) is 10.2. The number of aryl methyl sites for hydroxylation is 1. The molecule has 0 aliphatic carbocycles. The third-order valence-corrected chi connectivity index (χ3v) is 2.45. The monoisotopic (exact) mass is 257 g/mol. The Bertz CT molecular complexity index is 336. The Morgan fingerprint density at radius 1 is 1.57 bits per heavy atom. The first-order valence-electron chi connectivity index (χ1n) is 4.15. The number of carboxylic acid groups (broad SMARTS) is 1. The normalized spacial score (nSPS) is 9.86. The summed E-state index contributed by atoms with van der Waals surface area (Å²) in [6, 6.07) is 5.49. The van der Waals surface area contributed by atoms with Crippen molar-refractivity contribution in [3.63, 3.8) is 0 Å². The van der Waals surface area contributed by atoms with Crippen LogP contribution in [0.4, 0.5) is 0 Å². The molecule has 1 aromatic carbocycles. The molecule has 0 aliphatic heterocycles. The van der Waals surface area contributed by atoms with Crippen LogP contribution in [0.1, 0.15) is 12.0 Å². The van der Waals surface area contributed by atoms with Crippen LogP contribution in [0.5, 0.6) is 5.75 Å². The van der Waals surface area contributed by atoms with Gasteiger partial charge in [-0.1, -0.05) is 6.07 Å². The van der Waals surface area contributed by atoms with Gasteiger partial charge in [-0.3, -0.25) is 0 Å². The van der Waals surface area contributed by atoms with Crippen LogP contribution in [-0.2, 0) is 11.2 Å². The highest BCUT2D eigenvalue weighted by Gasteiger charge is 2.01. The largest absolute Gasteiger partial charge is 0.550 e. The molecule has 14 heavy (non-hydrogen) atoms. The fourth-order valence-corrected chi connectivity index (χ4v) is 1.70. The van der Waals surface area contributed by atoms with E-state index in [0.29, 0.717) is 6.42 Å². The van der Waals surface area contributed by atoms with Gasteiger partial charge < -0.3 is 14.6 Å². The maximum atomic E-state index is 10.2. The lowest BCUT2D eigenvalue weighted by atomic mass is 10.1. The fraction of sp³-hybridized carbons (Fsp3) is 0.300. The summed E-state index contributed by atoms with van der Waals surface area (Å²) in [6.45, 7) is 0. The molecule has 0 saturated carbocycles. The number of ether oxygens (including phenoxy) is 1. The molecule has 76 valence electrons. The zero-order chi connectivity index (χ0) is 10.6. The smallest absolute Gasteiger partial charge is 0.133 e. The fourth-order valence-electron chi connectivity index (χ4n) is 1.11. The third kappa shape index (κ3) is 3.03. The number of methoxy groups -OCH3 is 1. The van der Waals surface area contributed by atoms with Gasteiger partial charge in [0.1, 0.15) is 5.75 Å². The van der Waals surface area contributed by atoms with Crippen molar-refractivity contribution in [1.82, 2.24) is 0 Å². The lowest BCUT2D eigenvalue weighted by Gasteiger charge is -2.06. The number of carboxylic acids is 1. The van der Waals surface area contributed by atoms with Crippen LogP contribution in [0.3, 0.4) is 0 Å². The predicted octanol–water partition coefficient (Wildman–Crippen LogP) is 1.14. The van der Waals surface area contributed by atoms with Crippen LogP contribution in [0, 0.1) is 0 Å². The molecule has 0 aliphatic rings. The van der Waals surface area contributed by atoms with Crippen molar-refractivity contribution in [3.05, 3.63) is 28.2 Å². The maximum Gasteiger partial charge on any atom is 0.133 e. The first-order chi connectivity index (χ1) is 6.63. The molecule has 0 atom stereocenters. The minimum atomic E-state index is -1.03. The number of aliphatic carboxylic acids is 1. The molecule has 0 aromatic heterocycles. The Hall–Kier alpha value is -1.03. The molecule has 1 rings (SSSR count). The predicted molar refractivity (Wildman–Crippen MR) is 54.0 cm³/mol. The van der Waals surface area contributed by atoms with Crippen molar-refractivity contribution in [2.24, 2.45) is 0 Å². The van der Waals surface area contributed by atoms with E-state index in [0.717, 1.165) is 15.8 Å². The topological polar surface area (TPSA) is 49.4 Å². The van der Waals surface area contributed by atoms with Gasteiger partial charge in [-0.15, -0.1) is 0 Å². The number of carbonyl (C=O) groups excluding carboxylic acids is 1. The van der Waals surface area contributed by atoms with Gasteiger partial charge in [0.05, 0.1) is 11.6 Å². The molecule has 0 heterocycles. The number of carbonyl (C=O) groups is 1. The van der Waals surface area contributed by atoms with E-state index in [9.17, 15) is 9.90 Å². The molecule has 0 spiro atoms. The Kier molecular flexibility index (Phi) is 3.95. The molecule has 0 amide bonds. The summed E-state index contributed by atoms with van der Waals surface area (Å²) in [5.41, 5.74) is 0.946. The Morgan fingerprint density at radius 2 is 2.29 bits per heavy atom. The van der Waals surface area contributed by atoms with Crippen LogP contribution < -0.4 is 9.84 Å². The van der Waals surface area contributed by atoms with Crippen LogP contribution in [-0.4, -0.2) is 13.1 Å². The van der Waals surface area contributed by atoms with Crippen molar-refractivity contribution in [2.45, 2.75) is 12.8 Å². The number of rotatable bonds is 4. The second-order valence-corrected chi connectivity index (χ2v) is 3.70. The summed E-state index contributed by atoms with van der Waals surface area (Å²) in [4.78, 5) is 10.2. The van der Waals surface area contributed by atoms with Crippen molar-refractivity contribution < 1.29 is 14.6 Å². The van der Waals surface area contributed by atoms with Crippen molar-refractivity contribution in [3.8, 4) is 5.75 Å². The van der Waals surface area contributed by atoms with Gasteiger partial charge in [0.15, 0.2) is 0 Å². The van der Waals surface area contributed by atoms with Crippen LogP contribution in [0.15, 0.2) is 22.7 Å². The molecular weight excluding hydrogens is 248 g/mol. The molecule has 0 N–H and O–H groups in total. The lowest BCUT2D eigenvalue weighted by molar-refractivity contribution is -0.305. The summed E-state index contributed by atoms with van der Waals surface area (Å²) in [6.07, 6.45) is 0.518. The van der Waals surface area contributed by atoms with Gasteiger partial charge >= 0.3 is 0 Å². The van der Waals surface area contributed by atoms with Crippen molar-refractivity contribution in [1.29, 1.82) is 0 Å². The maximum absolute atomic E-state index is 10.2. The summed E-state index contributed by atoms with van der Waals surface area (Å²) in [7, 11) is 1.58. The second-order valence-electron chi connectivity index (χ2n) is 2.84. The van der Waals surface area contributed by atoms with E-state index < -0.39 is 5.97 Å². The van der Waals surface area contributed by atoms with Gasteiger partial charge in [0, 0.05) is 5.97 Å². The van der Waals surface area contributed by atoms with E-state index in [1.165, 1.54) is 0 Å². The van der Waals surface area contributed by atoms with Crippen molar-refractivity contribution in [2.75, 3.05) is 7.11 Å². The van der Waals surface area contributed by atoms with Crippen LogP contribution >= 0.6 is 15.9 Å².